The molecule has 1 aromatic carbocycles. The van der Waals surface area contributed by atoms with Gasteiger partial charge < -0.3 is 14.8 Å². The van der Waals surface area contributed by atoms with Gasteiger partial charge in [0, 0.05) is 24.1 Å². The van der Waals surface area contributed by atoms with Crippen LogP contribution < -0.4 is 14.8 Å². The van der Waals surface area contributed by atoms with Gasteiger partial charge in [0.15, 0.2) is 16.7 Å². The number of nitrogens with one attached hydrogen (secondary N) is 1. The molecule has 0 spiro atoms. The first-order chi connectivity index (χ1) is 9.33. The molecule has 1 heterocycles. The van der Waals surface area contributed by atoms with Crippen LogP contribution in [0.15, 0.2) is 23.2 Å². The number of benzene rings is 1. The molecule has 2 rings (SSSR count). The minimum absolute atomic E-state index is 0.624. The topological polar surface area (TPSA) is 42.8 Å². The van der Waals surface area contributed by atoms with Crippen LogP contribution in [-0.2, 0) is 0 Å². The third kappa shape index (κ3) is 4.06. The van der Waals surface area contributed by atoms with Gasteiger partial charge in [0.2, 0.25) is 0 Å². The number of hydrogen-bond acceptors (Lipinski definition) is 5. The average Bonchev–Trinajstić information content (AvgIpc) is 2.43. The van der Waals surface area contributed by atoms with Crippen LogP contribution in [0, 0.1) is 0 Å². The Kier molecular flexibility index (Phi) is 5.39. The van der Waals surface area contributed by atoms with E-state index in [0.29, 0.717) is 13.2 Å². The fourth-order valence-corrected chi connectivity index (χ4v) is 2.63. The van der Waals surface area contributed by atoms with E-state index in [-0.39, 0.29) is 0 Å². The molecule has 0 bridgehead atoms. The number of amidine groups is 1. The number of aliphatic imine (C=N–C) groups is 1. The molecule has 0 saturated carbocycles. The molecule has 4 nitrogen and oxygen atoms in total. The fraction of sp³-hybridized carbons (Fsp3) is 0.500. The molecule has 0 saturated heterocycles. The average molecular weight is 280 g/mol. The SMILES string of the molecule is CCOc1ccc(NC2=NCCCS2)cc1OCC. The lowest BCUT2D eigenvalue weighted by atomic mass is 10.2. The minimum atomic E-state index is 0.624. The number of hydrogen-bond donors (Lipinski definition) is 1. The summed E-state index contributed by atoms with van der Waals surface area (Å²) in [6.45, 7) is 6.10. The standard InChI is InChI=1S/C14H20N2O2S/c1-3-17-12-7-6-11(10-13(12)18-4-2)16-14-15-8-5-9-19-14/h6-7,10H,3-5,8-9H2,1-2H3,(H,15,16). The van der Waals surface area contributed by atoms with Crippen LogP contribution in [0.1, 0.15) is 20.3 Å². The summed E-state index contributed by atoms with van der Waals surface area (Å²) in [6.07, 6.45) is 1.16. The Morgan fingerprint density at radius 3 is 2.68 bits per heavy atom. The highest BCUT2D eigenvalue weighted by molar-refractivity contribution is 8.14. The Morgan fingerprint density at radius 1 is 1.21 bits per heavy atom. The zero-order valence-corrected chi connectivity index (χ0v) is 12.3. The molecule has 104 valence electrons. The number of rotatable bonds is 5. The van der Waals surface area contributed by atoms with Crippen LogP contribution >= 0.6 is 11.8 Å². The largest absolute Gasteiger partial charge is 0.490 e. The zero-order chi connectivity index (χ0) is 13.5. The number of nitrogens with zero attached hydrogens (tertiary/aromatic N) is 1. The van der Waals surface area contributed by atoms with E-state index in [2.05, 4.69) is 10.3 Å². The van der Waals surface area contributed by atoms with Crippen LogP contribution in [0.2, 0.25) is 0 Å². The first-order valence-corrected chi connectivity index (χ1v) is 7.66. The third-order valence-corrected chi connectivity index (χ3v) is 3.59. The summed E-state index contributed by atoms with van der Waals surface area (Å²) in [5.41, 5.74) is 0.986. The van der Waals surface area contributed by atoms with Crippen molar-refractivity contribution in [1.82, 2.24) is 0 Å². The Hall–Kier alpha value is -1.36. The van der Waals surface area contributed by atoms with Crippen molar-refractivity contribution in [2.24, 2.45) is 4.99 Å². The summed E-state index contributed by atoms with van der Waals surface area (Å²) in [6, 6.07) is 5.89. The van der Waals surface area contributed by atoms with Gasteiger partial charge in [-0.2, -0.15) is 0 Å². The van der Waals surface area contributed by atoms with Crippen LogP contribution in [0.3, 0.4) is 0 Å². The van der Waals surface area contributed by atoms with Gasteiger partial charge in [0.25, 0.3) is 0 Å². The van der Waals surface area contributed by atoms with Crippen molar-refractivity contribution in [1.29, 1.82) is 0 Å². The number of thioether (sulfide) groups is 1. The lowest BCUT2D eigenvalue weighted by Crippen LogP contribution is -2.13. The Morgan fingerprint density at radius 2 is 2.00 bits per heavy atom. The monoisotopic (exact) mass is 280 g/mol. The van der Waals surface area contributed by atoms with Crippen molar-refractivity contribution in [3.63, 3.8) is 0 Å². The van der Waals surface area contributed by atoms with E-state index in [4.69, 9.17) is 9.47 Å². The van der Waals surface area contributed by atoms with Gasteiger partial charge in [-0.1, -0.05) is 11.8 Å². The highest BCUT2D eigenvalue weighted by Gasteiger charge is 2.09. The lowest BCUT2D eigenvalue weighted by molar-refractivity contribution is 0.288. The minimum Gasteiger partial charge on any atom is -0.490 e. The van der Waals surface area contributed by atoms with E-state index in [0.717, 1.165) is 41.1 Å². The maximum absolute atomic E-state index is 5.61. The first kappa shape index (κ1) is 14.1. The van der Waals surface area contributed by atoms with Crippen molar-refractivity contribution in [3.8, 4) is 11.5 Å². The van der Waals surface area contributed by atoms with E-state index in [1.54, 1.807) is 11.8 Å². The highest BCUT2D eigenvalue weighted by atomic mass is 32.2. The van der Waals surface area contributed by atoms with Gasteiger partial charge in [-0.05, 0) is 32.4 Å². The van der Waals surface area contributed by atoms with Crippen molar-refractivity contribution in [2.75, 3.05) is 30.8 Å². The highest BCUT2D eigenvalue weighted by Crippen LogP contribution is 2.31. The quantitative estimate of drug-likeness (QED) is 0.898. The van der Waals surface area contributed by atoms with E-state index >= 15 is 0 Å². The van der Waals surface area contributed by atoms with Crippen LogP contribution in [0.5, 0.6) is 11.5 Å². The van der Waals surface area contributed by atoms with E-state index in [1.807, 2.05) is 32.0 Å². The summed E-state index contributed by atoms with van der Waals surface area (Å²) >= 11 is 1.76. The molecule has 1 N–H and O–H groups in total. The molecule has 1 aliphatic rings. The van der Waals surface area contributed by atoms with Crippen molar-refractivity contribution >= 4 is 22.6 Å². The van der Waals surface area contributed by atoms with Gasteiger partial charge >= 0.3 is 0 Å². The molecule has 1 aliphatic heterocycles. The first-order valence-electron chi connectivity index (χ1n) is 6.67. The molecule has 0 atom stereocenters. The van der Waals surface area contributed by atoms with Gasteiger partial charge in [-0.25, -0.2) is 0 Å². The Bertz CT molecular complexity index is 449. The van der Waals surface area contributed by atoms with E-state index < -0.39 is 0 Å². The van der Waals surface area contributed by atoms with Gasteiger partial charge in [-0.15, -0.1) is 0 Å². The smallest absolute Gasteiger partial charge is 0.163 e. The van der Waals surface area contributed by atoms with E-state index in [9.17, 15) is 0 Å². The van der Waals surface area contributed by atoms with Crippen LogP contribution in [0.25, 0.3) is 0 Å². The molecule has 0 radical (unpaired) electrons. The number of anilines is 1. The molecule has 19 heavy (non-hydrogen) atoms. The second-order valence-electron chi connectivity index (χ2n) is 4.04. The fourth-order valence-electron chi connectivity index (χ4n) is 1.79. The molecule has 0 aliphatic carbocycles. The predicted molar refractivity (Wildman–Crippen MR) is 81.8 cm³/mol. The molecular weight excluding hydrogens is 260 g/mol. The molecule has 5 heteroatoms. The zero-order valence-electron chi connectivity index (χ0n) is 11.4. The molecule has 0 unspecified atom stereocenters. The summed E-state index contributed by atoms with van der Waals surface area (Å²) in [5, 5.41) is 4.31. The van der Waals surface area contributed by atoms with Gasteiger partial charge in [0.1, 0.15) is 0 Å². The molecule has 1 aromatic rings. The molecule has 0 fully saturated rings. The summed E-state index contributed by atoms with van der Waals surface area (Å²) in [5.74, 6) is 2.69. The Balaban J connectivity index is 2.12. The van der Waals surface area contributed by atoms with Crippen molar-refractivity contribution < 1.29 is 9.47 Å². The lowest BCUT2D eigenvalue weighted by Gasteiger charge is -2.16. The number of ether oxygens (including phenoxy) is 2. The summed E-state index contributed by atoms with van der Waals surface area (Å²) in [7, 11) is 0. The van der Waals surface area contributed by atoms with Crippen LogP contribution in [0.4, 0.5) is 5.69 Å². The van der Waals surface area contributed by atoms with Crippen molar-refractivity contribution in [3.05, 3.63) is 18.2 Å². The Labute approximate surface area is 118 Å². The van der Waals surface area contributed by atoms with Gasteiger partial charge in [-0.3, -0.25) is 4.99 Å². The van der Waals surface area contributed by atoms with E-state index in [1.165, 1.54) is 0 Å². The normalized spacial score (nSPS) is 14.7. The summed E-state index contributed by atoms with van der Waals surface area (Å²) < 4.78 is 11.2. The predicted octanol–water partition coefficient (Wildman–Crippen LogP) is 3.39. The molecular formula is C14H20N2O2S. The maximum Gasteiger partial charge on any atom is 0.163 e. The third-order valence-electron chi connectivity index (χ3n) is 2.59. The second kappa shape index (κ2) is 7.28. The second-order valence-corrected chi connectivity index (χ2v) is 5.13. The van der Waals surface area contributed by atoms with Gasteiger partial charge in [0.05, 0.1) is 13.2 Å². The molecule has 0 aromatic heterocycles. The maximum atomic E-state index is 5.61. The van der Waals surface area contributed by atoms with Crippen molar-refractivity contribution in [2.45, 2.75) is 20.3 Å². The molecule has 0 amide bonds. The van der Waals surface area contributed by atoms with Crippen LogP contribution in [-0.4, -0.2) is 30.7 Å². The summed E-state index contributed by atoms with van der Waals surface area (Å²) in [4.78, 5) is 4.46.